The molecule has 0 radical (unpaired) electrons. The first kappa shape index (κ1) is 13.9. The molecule has 5 heteroatoms. The van der Waals surface area contributed by atoms with Crippen LogP contribution in [0.5, 0.6) is 5.75 Å². The fraction of sp³-hybridized carbons (Fsp3) is 0.133. The minimum absolute atomic E-state index is 0.348. The van der Waals surface area contributed by atoms with Gasteiger partial charge in [-0.25, -0.2) is 4.39 Å². The van der Waals surface area contributed by atoms with Gasteiger partial charge in [-0.15, -0.1) is 0 Å². The van der Waals surface area contributed by atoms with Crippen LogP contribution in [0.3, 0.4) is 0 Å². The van der Waals surface area contributed by atoms with Gasteiger partial charge >= 0.3 is 0 Å². The molecule has 0 unspecified atom stereocenters. The Labute approximate surface area is 116 Å². The number of halogens is 1. The fourth-order valence-corrected chi connectivity index (χ4v) is 1.75. The number of carbonyl (C=O) groups is 1. The van der Waals surface area contributed by atoms with Crippen molar-refractivity contribution in [3.8, 4) is 5.75 Å². The third kappa shape index (κ3) is 3.26. The van der Waals surface area contributed by atoms with E-state index in [0.717, 1.165) is 5.56 Å². The molecule has 0 aliphatic carbocycles. The van der Waals surface area contributed by atoms with E-state index in [-0.39, 0.29) is 5.82 Å². The number of ether oxygens (including phenoxy) is 1. The second-order valence-corrected chi connectivity index (χ2v) is 4.26. The summed E-state index contributed by atoms with van der Waals surface area (Å²) in [7, 11) is 1.53. The van der Waals surface area contributed by atoms with Gasteiger partial charge in [0.15, 0.2) is 0 Å². The minimum atomic E-state index is -0.469. The quantitative estimate of drug-likeness (QED) is 0.880. The maximum atomic E-state index is 13.6. The van der Waals surface area contributed by atoms with Gasteiger partial charge in [0.05, 0.1) is 12.8 Å². The highest BCUT2D eigenvalue weighted by Crippen LogP contribution is 2.21. The molecular weight excluding hydrogens is 259 g/mol. The summed E-state index contributed by atoms with van der Waals surface area (Å²) in [6.07, 6.45) is 0. The Hall–Kier alpha value is -2.56. The van der Waals surface area contributed by atoms with E-state index in [4.69, 9.17) is 10.5 Å². The molecule has 0 heterocycles. The summed E-state index contributed by atoms with van der Waals surface area (Å²) in [5.74, 6) is -0.235. The molecule has 0 saturated carbocycles. The molecule has 0 atom stereocenters. The maximum Gasteiger partial charge on any atom is 0.248 e. The van der Waals surface area contributed by atoms with E-state index in [1.165, 1.54) is 13.2 Å². The van der Waals surface area contributed by atoms with E-state index in [9.17, 15) is 9.18 Å². The number of primary amides is 1. The van der Waals surface area contributed by atoms with Crippen molar-refractivity contribution in [3.05, 3.63) is 59.4 Å². The van der Waals surface area contributed by atoms with Crippen molar-refractivity contribution in [1.82, 2.24) is 0 Å². The van der Waals surface area contributed by atoms with Crippen molar-refractivity contribution in [2.45, 2.75) is 6.54 Å². The summed E-state index contributed by atoms with van der Waals surface area (Å²) in [5.41, 5.74) is 6.89. The number of amides is 1. The Morgan fingerprint density at radius 3 is 2.55 bits per heavy atom. The Bertz CT molecular complexity index is 612. The van der Waals surface area contributed by atoms with Crippen molar-refractivity contribution in [3.63, 3.8) is 0 Å². The number of hydrogen-bond acceptors (Lipinski definition) is 3. The molecule has 4 nitrogen and oxygen atoms in total. The Morgan fingerprint density at radius 1 is 1.25 bits per heavy atom. The number of hydrogen-bond donors (Lipinski definition) is 2. The van der Waals surface area contributed by atoms with Crippen LogP contribution in [-0.2, 0) is 6.54 Å². The summed E-state index contributed by atoms with van der Waals surface area (Å²) >= 11 is 0. The lowest BCUT2D eigenvalue weighted by Crippen LogP contribution is -2.10. The first-order valence-electron chi connectivity index (χ1n) is 6.06. The van der Waals surface area contributed by atoms with Crippen molar-refractivity contribution >= 4 is 11.6 Å². The second-order valence-electron chi connectivity index (χ2n) is 4.26. The number of nitrogens with two attached hydrogens (primary N) is 1. The molecule has 0 fully saturated rings. The predicted molar refractivity (Wildman–Crippen MR) is 75.2 cm³/mol. The normalized spacial score (nSPS) is 10.1. The Kier molecular flexibility index (Phi) is 4.20. The molecule has 2 aromatic carbocycles. The van der Waals surface area contributed by atoms with Crippen LogP contribution in [-0.4, -0.2) is 13.0 Å². The molecule has 3 N–H and O–H groups in total. The van der Waals surface area contributed by atoms with E-state index < -0.39 is 5.91 Å². The summed E-state index contributed by atoms with van der Waals surface area (Å²) in [6, 6.07) is 11.3. The molecule has 0 aromatic heterocycles. The number of anilines is 1. The summed E-state index contributed by atoms with van der Waals surface area (Å²) in [5, 5.41) is 2.98. The van der Waals surface area contributed by atoms with Gasteiger partial charge in [-0.05, 0) is 29.8 Å². The van der Waals surface area contributed by atoms with Crippen LogP contribution in [0.4, 0.5) is 10.1 Å². The van der Waals surface area contributed by atoms with Crippen molar-refractivity contribution in [2.75, 3.05) is 12.4 Å². The highest BCUT2D eigenvalue weighted by molar-refractivity contribution is 5.92. The summed E-state index contributed by atoms with van der Waals surface area (Å²) < 4.78 is 18.6. The van der Waals surface area contributed by atoms with Crippen molar-refractivity contribution in [1.29, 1.82) is 0 Å². The molecule has 2 aromatic rings. The van der Waals surface area contributed by atoms with E-state index in [0.29, 0.717) is 23.5 Å². The average molecular weight is 274 g/mol. The number of rotatable bonds is 5. The lowest BCUT2D eigenvalue weighted by Gasteiger charge is -2.09. The highest BCUT2D eigenvalue weighted by Gasteiger charge is 2.04. The average Bonchev–Trinajstić information content (AvgIpc) is 2.47. The predicted octanol–water partition coefficient (Wildman–Crippen LogP) is 2.55. The van der Waals surface area contributed by atoms with E-state index in [1.54, 1.807) is 36.4 Å². The van der Waals surface area contributed by atoms with Crippen molar-refractivity contribution < 1.29 is 13.9 Å². The zero-order chi connectivity index (χ0) is 14.5. The molecular formula is C15H15FN2O2. The van der Waals surface area contributed by atoms with Gasteiger partial charge < -0.3 is 15.8 Å². The van der Waals surface area contributed by atoms with Gasteiger partial charge in [0, 0.05) is 18.2 Å². The van der Waals surface area contributed by atoms with Gasteiger partial charge in [0.1, 0.15) is 11.6 Å². The Morgan fingerprint density at radius 2 is 1.95 bits per heavy atom. The summed E-state index contributed by atoms with van der Waals surface area (Å²) in [6.45, 7) is 0.434. The topological polar surface area (TPSA) is 64.3 Å². The van der Waals surface area contributed by atoms with E-state index in [1.807, 2.05) is 0 Å². The molecule has 2 rings (SSSR count). The second kappa shape index (κ2) is 6.06. The van der Waals surface area contributed by atoms with Crippen LogP contribution in [0.2, 0.25) is 0 Å². The van der Waals surface area contributed by atoms with Crippen LogP contribution >= 0.6 is 0 Å². The first-order chi connectivity index (χ1) is 9.60. The fourth-order valence-electron chi connectivity index (χ4n) is 1.75. The van der Waals surface area contributed by atoms with Gasteiger partial charge in [-0.2, -0.15) is 0 Å². The molecule has 0 bridgehead atoms. The molecule has 0 aliphatic heterocycles. The zero-order valence-corrected chi connectivity index (χ0v) is 11.0. The number of carbonyl (C=O) groups excluding carboxylic acids is 1. The monoisotopic (exact) mass is 274 g/mol. The number of nitrogens with one attached hydrogen (secondary N) is 1. The third-order valence-electron chi connectivity index (χ3n) is 2.89. The van der Waals surface area contributed by atoms with Crippen molar-refractivity contribution in [2.24, 2.45) is 5.73 Å². The van der Waals surface area contributed by atoms with E-state index >= 15 is 0 Å². The molecule has 0 saturated heterocycles. The first-order valence-corrected chi connectivity index (χ1v) is 6.06. The maximum absolute atomic E-state index is 13.6. The largest absolute Gasteiger partial charge is 0.497 e. The Balaban J connectivity index is 2.06. The molecule has 0 aliphatic rings. The number of benzene rings is 2. The van der Waals surface area contributed by atoms with E-state index in [2.05, 4.69) is 5.32 Å². The highest BCUT2D eigenvalue weighted by atomic mass is 19.1. The third-order valence-corrected chi connectivity index (χ3v) is 2.89. The number of methoxy groups -OCH3 is 1. The van der Waals surface area contributed by atoms with Gasteiger partial charge in [-0.3, -0.25) is 4.79 Å². The standard InChI is InChI=1S/C15H15FN2O2/c1-20-12-6-7-13(16)14(8-12)18-9-10-2-4-11(5-3-10)15(17)19/h2-8,18H,9H2,1H3,(H2,17,19). The SMILES string of the molecule is COc1ccc(F)c(NCc2ccc(C(N)=O)cc2)c1. The van der Waals surface area contributed by atoms with Crippen LogP contribution in [0.1, 0.15) is 15.9 Å². The van der Waals surface area contributed by atoms with Gasteiger partial charge in [0.25, 0.3) is 0 Å². The van der Waals surface area contributed by atoms with Gasteiger partial charge in [-0.1, -0.05) is 12.1 Å². The summed E-state index contributed by atoms with van der Waals surface area (Å²) in [4.78, 5) is 10.9. The smallest absolute Gasteiger partial charge is 0.248 e. The lowest BCUT2D eigenvalue weighted by molar-refractivity contribution is 0.100. The minimum Gasteiger partial charge on any atom is -0.497 e. The zero-order valence-electron chi connectivity index (χ0n) is 11.0. The molecule has 20 heavy (non-hydrogen) atoms. The lowest BCUT2D eigenvalue weighted by atomic mass is 10.1. The molecule has 1 amide bonds. The van der Waals surface area contributed by atoms with Gasteiger partial charge in [0.2, 0.25) is 5.91 Å². The van der Waals surface area contributed by atoms with Crippen LogP contribution in [0.25, 0.3) is 0 Å². The molecule has 104 valence electrons. The van der Waals surface area contributed by atoms with Crippen LogP contribution in [0.15, 0.2) is 42.5 Å². The van der Waals surface area contributed by atoms with Crippen LogP contribution in [0, 0.1) is 5.82 Å². The molecule has 0 spiro atoms. The van der Waals surface area contributed by atoms with Crippen LogP contribution < -0.4 is 15.8 Å².